The molecule has 2 saturated heterocycles. The number of carbonyl (C=O) groups is 1. The van der Waals surface area contributed by atoms with Crippen molar-refractivity contribution in [1.82, 2.24) is 14.7 Å². The Balaban J connectivity index is 1.78. The lowest BCUT2D eigenvalue weighted by molar-refractivity contribution is 0.0382. The van der Waals surface area contributed by atoms with E-state index in [1.54, 1.807) is 0 Å². The van der Waals surface area contributed by atoms with Gasteiger partial charge in [0.1, 0.15) is 0 Å². The Morgan fingerprint density at radius 1 is 1.06 bits per heavy atom. The summed E-state index contributed by atoms with van der Waals surface area (Å²) in [6.07, 6.45) is 0. The van der Waals surface area contributed by atoms with Crippen LogP contribution in [-0.4, -0.2) is 79.8 Å². The van der Waals surface area contributed by atoms with Gasteiger partial charge in [-0.05, 0) is 6.92 Å². The van der Waals surface area contributed by atoms with E-state index >= 15 is 0 Å². The SMILES string of the molecule is C=C(C)CN1CCN(C(=O)N2CCOCC2)CC1. The molecule has 0 aliphatic carbocycles. The van der Waals surface area contributed by atoms with Gasteiger partial charge < -0.3 is 14.5 Å². The number of morpholine rings is 1. The Labute approximate surface area is 109 Å². The summed E-state index contributed by atoms with van der Waals surface area (Å²) in [5, 5.41) is 0. The van der Waals surface area contributed by atoms with Gasteiger partial charge in [0.2, 0.25) is 0 Å². The highest BCUT2D eigenvalue weighted by atomic mass is 16.5. The van der Waals surface area contributed by atoms with Crippen LogP contribution in [-0.2, 0) is 4.74 Å². The molecule has 0 N–H and O–H groups in total. The summed E-state index contributed by atoms with van der Waals surface area (Å²) < 4.78 is 5.27. The second-order valence-corrected chi connectivity index (χ2v) is 5.10. The van der Waals surface area contributed by atoms with E-state index in [9.17, 15) is 4.79 Å². The van der Waals surface area contributed by atoms with Crippen molar-refractivity contribution in [1.29, 1.82) is 0 Å². The maximum absolute atomic E-state index is 12.2. The Bertz CT molecular complexity index is 305. The third-order valence-electron chi connectivity index (χ3n) is 3.42. The minimum atomic E-state index is 0.174. The molecule has 2 aliphatic heterocycles. The molecule has 2 aliphatic rings. The standard InChI is InChI=1S/C13H23N3O2/c1-12(2)11-14-3-5-15(6-4-14)13(17)16-7-9-18-10-8-16/h1,3-11H2,2H3. The van der Waals surface area contributed by atoms with E-state index in [-0.39, 0.29) is 6.03 Å². The number of hydrogen-bond donors (Lipinski definition) is 0. The van der Waals surface area contributed by atoms with Crippen molar-refractivity contribution < 1.29 is 9.53 Å². The van der Waals surface area contributed by atoms with E-state index in [2.05, 4.69) is 11.5 Å². The summed E-state index contributed by atoms with van der Waals surface area (Å²) in [5.74, 6) is 0. The Kier molecular flexibility index (Phi) is 4.60. The third-order valence-corrected chi connectivity index (χ3v) is 3.42. The first-order valence-electron chi connectivity index (χ1n) is 6.65. The number of ether oxygens (including phenoxy) is 1. The number of urea groups is 1. The second-order valence-electron chi connectivity index (χ2n) is 5.10. The molecule has 102 valence electrons. The van der Waals surface area contributed by atoms with Crippen LogP contribution >= 0.6 is 0 Å². The fraction of sp³-hybridized carbons (Fsp3) is 0.769. The predicted octanol–water partition coefficient (Wildman–Crippen LogP) is 0.632. The largest absolute Gasteiger partial charge is 0.378 e. The molecule has 2 fully saturated rings. The van der Waals surface area contributed by atoms with Crippen molar-refractivity contribution in [3.63, 3.8) is 0 Å². The summed E-state index contributed by atoms with van der Waals surface area (Å²) in [5.41, 5.74) is 1.18. The first-order valence-corrected chi connectivity index (χ1v) is 6.65. The van der Waals surface area contributed by atoms with Crippen LogP contribution in [0, 0.1) is 0 Å². The second kappa shape index (κ2) is 6.20. The van der Waals surface area contributed by atoms with E-state index in [1.165, 1.54) is 5.57 Å². The van der Waals surface area contributed by atoms with Gasteiger partial charge in [-0.2, -0.15) is 0 Å². The van der Waals surface area contributed by atoms with Crippen molar-refractivity contribution in [2.75, 3.05) is 59.0 Å². The fourth-order valence-electron chi connectivity index (χ4n) is 2.43. The molecular formula is C13H23N3O2. The van der Waals surface area contributed by atoms with E-state index < -0.39 is 0 Å². The normalized spacial score (nSPS) is 22.1. The van der Waals surface area contributed by atoms with Gasteiger partial charge in [-0.15, -0.1) is 0 Å². The van der Waals surface area contributed by atoms with Gasteiger partial charge in [-0.3, -0.25) is 4.90 Å². The summed E-state index contributed by atoms with van der Waals surface area (Å²) in [6.45, 7) is 13.3. The zero-order valence-electron chi connectivity index (χ0n) is 11.2. The molecule has 0 unspecified atom stereocenters. The lowest BCUT2D eigenvalue weighted by Gasteiger charge is -2.38. The number of amides is 2. The average molecular weight is 253 g/mol. The van der Waals surface area contributed by atoms with Crippen molar-refractivity contribution in [3.05, 3.63) is 12.2 Å². The number of carbonyl (C=O) groups excluding carboxylic acids is 1. The maximum Gasteiger partial charge on any atom is 0.320 e. The molecule has 0 radical (unpaired) electrons. The molecule has 5 heteroatoms. The number of hydrogen-bond acceptors (Lipinski definition) is 3. The highest BCUT2D eigenvalue weighted by Crippen LogP contribution is 2.08. The van der Waals surface area contributed by atoms with Crippen LogP contribution in [0.1, 0.15) is 6.92 Å². The topological polar surface area (TPSA) is 36.0 Å². The molecule has 2 rings (SSSR count). The zero-order valence-corrected chi connectivity index (χ0v) is 11.2. The summed E-state index contributed by atoms with van der Waals surface area (Å²) in [4.78, 5) is 18.5. The van der Waals surface area contributed by atoms with Gasteiger partial charge in [0.05, 0.1) is 13.2 Å². The molecule has 18 heavy (non-hydrogen) atoms. The Morgan fingerprint density at radius 2 is 1.61 bits per heavy atom. The average Bonchev–Trinajstić information content (AvgIpc) is 2.39. The summed E-state index contributed by atoms with van der Waals surface area (Å²) in [6, 6.07) is 0.174. The summed E-state index contributed by atoms with van der Waals surface area (Å²) in [7, 11) is 0. The van der Waals surface area contributed by atoms with Crippen LogP contribution in [0.2, 0.25) is 0 Å². The van der Waals surface area contributed by atoms with Crippen molar-refractivity contribution in [3.8, 4) is 0 Å². The molecular weight excluding hydrogens is 230 g/mol. The third kappa shape index (κ3) is 3.46. The van der Waals surface area contributed by atoms with E-state index in [4.69, 9.17) is 4.74 Å². The molecule has 0 aromatic carbocycles. The molecule has 0 atom stereocenters. The van der Waals surface area contributed by atoms with Gasteiger partial charge in [0, 0.05) is 45.8 Å². The molecule has 0 aromatic heterocycles. The zero-order chi connectivity index (χ0) is 13.0. The van der Waals surface area contributed by atoms with Crippen LogP contribution in [0.3, 0.4) is 0 Å². The summed E-state index contributed by atoms with van der Waals surface area (Å²) >= 11 is 0. The van der Waals surface area contributed by atoms with E-state index in [1.807, 2.05) is 16.7 Å². The lowest BCUT2D eigenvalue weighted by Crippen LogP contribution is -2.54. The minimum Gasteiger partial charge on any atom is -0.378 e. The van der Waals surface area contributed by atoms with Crippen LogP contribution in [0.15, 0.2) is 12.2 Å². The first kappa shape index (κ1) is 13.4. The van der Waals surface area contributed by atoms with E-state index in [0.717, 1.165) is 45.8 Å². The van der Waals surface area contributed by atoms with Crippen LogP contribution < -0.4 is 0 Å². The number of piperazine rings is 1. The number of rotatable bonds is 2. The molecule has 0 bridgehead atoms. The van der Waals surface area contributed by atoms with Crippen molar-refractivity contribution in [2.24, 2.45) is 0 Å². The first-order chi connectivity index (χ1) is 8.66. The quantitative estimate of drug-likeness (QED) is 0.677. The molecule has 0 aromatic rings. The van der Waals surface area contributed by atoms with Gasteiger partial charge in [0.15, 0.2) is 0 Å². The van der Waals surface area contributed by atoms with Gasteiger partial charge in [0.25, 0.3) is 0 Å². The molecule has 0 saturated carbocycles. The van der Waals surface area contributed by atoms with Crippen molar-refractivity contribution in [2.45, 2.75) is 6.92 Å². The highest BCUT2D eigenvalue weighted by molar-refractivity contribution is 5.74. The number of nitrogens with zero attached hydrogens (tertiary/aromatic N) is 3. The maximum atomic E-state index is 12.2. The van der Waals surface area contributed by atoms with Crippen LogP contribution in [0.25, 0.3) is 0 Å². The predicted molar refractivity (Wildman–Crippen MR) is 70.6 cm³/mol. The lowest BCUT2D eigenvalue weighted by atomic mass is 10.2. The minimum absolute atomic E-state index is 0.174. The monoisotopic (exact) mass is 253 g/mol. The fourth-order valence-corrected chi connectivity index (χ4v) is 2.43. The Hall–Kier alpha value is -1.07. The van der Waals surface area contributed by atoms with Gasteiger partial charge in [-0.1, -0.05) is 12.2 Å². The van der Waals surface area contributed by atoms with Gasteiger partial charge in [-0.25, -0.2) is 4.79 Å². The molecule has 0 spiro atoms. The molecule has 2 amide bonds. The van der Waals surface area contributed by atoms with E-state index in [0.29, 0.717) is 13.2 Å². The molecule has 2 heterocycles. The highest BCUT2D eigenvalue weighted by Gasteiger charge is 2.26. The van der Waals surface area contributed by atoms with Crippen LogP contribution in [0.4, 0.5) is 4.79 Å². The van der Waals surface area contributed by atoms with Crippen molar-refractivity contribution >= 4 is 6.03 Å². The van der Waals surface area contributed by atoms with Crippen LogP contribution in [0.5, 0.6) is 0 Å². The molecule has 5 nitrogen and oxygen atoms in total. The Morgan fingerprint density at radius 3 is 2.17 bits per heavy atom. The smallest absolute Gasteiger partial charge is 0.320 e. The van der Waals surface area contributed by atoms with Gasteiger partial charge >= 0.3 is 6.03 Å².